The summed E-state index contributed by atoms with van der Waals surface area (Å²) in [6.45, 7) is 4.66. The molecule has 1 N–H and O–H groups in total. The van der Waals surface area contributed by atoms with E-state index in [1.807, 2.05) is 0 Å². The first kappa shape index (κ1) is 20.4. The maximum atomic E-state index is 12.2. The van der Waals surface area contributed by atoms with Crippen molar-refractivity contribution in [3.63, 3.8) is 0 Å². The Morgan fingerprint density at radius 3 is 2.22 bits per heavy atom. The number of aromatic nitrogens is 2. The molecule has 0 bridgehead atoms. The maximum Gasteiger partial charge on any atom is 0.330 e. The highest BCUT2D eigenvalue weighted by Gasteiger charge is 2.50. The van der Waals surface area contributed by atoms with Crippen molar-refractivity contribution in [2.45, 2.75) is 52.2 Å². The third-order valence-electron chi connectivity index (χ3n) is 3.76. The average Bonchev–Trinajstić information content (AvgIpc) is 2.85. The zero-order chi connectivity index (χ0) is 20.3. The van der Waals surface area contributed by atoms with Gasteiger partial charge in [-0.25, -0.2) is 4.79 Å². The highest BCUT2D eigenvalue weighted by atomic mass is 16.7. The summed E-state index contributed by atoms with van der Waals surface area (Å²) >= 11 is 0. The zero-order valence-corrected chi connectivity index (χ0v) is 15.2. The van der Waals surface area contributed by atoms with Crippen LogP contribution in [0.25, 0.3) is 0 Å². The van der Waals surface area contributed by atoms with Gasteiger partial charge >= 0.3 is 23.6 Å². The van der Waals surface area contributed by atoms with Gasteiger partial charge in [-0.2, -0.15) is 0 Å². The quantitative estimate of drug-likeness (QED) is 0.508. The molecule has 0 saturated carbocycles. The van der Waals surface area contributed by atoms with Crippen molar-refractivity contribution in [2.24, 2.45) is 0 Å². The largest absolute Gasteiger partial charge is 0.463 e. The van der Waals surface area contributed by atoms with Crippen molar-refractivity contribution in [3.8, 4) is 0 Å². The van der Waals surface area contributed by atoms with Crippen molar-refractivity contribution < 1.29 is 33.3 Å². The Balaban J connectivity index is 2.47. The molecule has 1 aromatic rings. The summed E-state index contributed by atoms with van der Waals surface area (Å²) in [5.74, 6) is -1.97. The Morgan fingerprint density at radius 2 is 1.67 bits per heavy atom. The number of hydrogen-bond donors (Lipinski definition) is 1. The lowest BCUT2D eigenvalue weighted by Gasteiger charge is -2.24. The van der Waals surface area contributed by atoms with Gasteiger partial charge in [0.2, 0.25) is 0 Å². The fourth-order valence-corrected chi connectivity index (χ4v) is 2.69. The number of hydrogen-bond acceptors (Lipinski definition) is 9. The maximum absolute atomic E-state index is 12.2. The molecule has 2 heterocycles. The molecule has 148 valence electrons. The third kappa shape index (κ3) is 4.82. The van der Waals surface area contributed by atoms with E-state index in [9.17, 15) is 24.0 Å². The van der Waals surface area contributed by atoms with E-state index in [0.29, 0.717) is 0 Å². The molecule has 0 aliphatic carbocycles. The number of rotatable bonds is 5. The molecule has 11 heteroatoms. The van der Waals surface area contributed by atoms with Crippen LogP contribution in [0.3, 0.4) is 0 Å². The number of carbonyl (C=O) groups is 3. The van der Waals surface area contributed by atoms with E-state index in [-0.39, 0.29) is 12.2 Å². The van der Waals surface area contributed by atoms with Gasteiger partial charge in [-0.05, 0) is 6.92 Å². The number of esters is 3. The monoisotopic (exact) mass is 384 g/mol. The van der Waals surface area contributed by atoms with Crippen LogP contribution in [0, 0.1) is 6.92 Å². The van der Waals surface area contributed by atoms with Gasteiger partial charge in [0.05, 0.1) is 0 Å². The van der Waals surface area contributed by atoms with Gasteiger partial charge in [0.15, 0.2) is 18.4 Å². The van der Waals surface area contributed by atoms with Crippen molar-refractivity contribution in [1.29, 1.82) is 0 Å². The Bertz CT molecular complexity index is 856. The summed E-state index contributed by atoms with van der Waals surface area (Å²) in [6.07, 6.45) is -3.29. The smallest absolute Gasteiger partial charge is 0.330 e. The van der Waals surface area contributed by atoms with E-state index < -0.39 is 53.7 Å². The Morgan fingerprint density at radius 1 is 1.07 bits per heavy atom. The zero-order valence-electron chi connectivity index (χ0n) is 15.2. The molecule has 2 rings (SSSR count). The van der Waals surface area contributed by atoms with Crippen LogP contribution in [0.5, 0.6) is 0 Å². The van der Waals surface area contributed by atoms with Crippen molar-refractivity contribution >= 4 is 17.9 Å². The van der Waals surface area contributed by atoms with Gasteiger partial charge in [-0.15, -0.1) is 0 Å². The summed E-state index contributed by atoms with van der Waals surface area (Å²) in [7, 11) is 0. The molecule has 0 spiro atoms. The number of carbonyl (C=O) groups excluding carboxylic acids is 3. The predicted molar refractivity (Wildman–Crippen MR) is 87.7 cm³/mol. The van der Waals surface area contributed by atoms with Crippen LogP contribution < -0.4 is 11.2 Å². The minimum absolute atomic E-state index is 0.215. The van der Waals surface area contributed by atoms with Crippen LogP contribution in [0.2, 0.25) is 0 Å². The summed E-state index contributed by atoms with van der Waals surface area (Å²) in [6, 6.07) is 0. The lowest BCUT2D eigenvalue weighted by Crippen LogP contribution is -2.42. The molecule has 0 unspecified atom stereocenters. The van der Waals surface area contributed by atoms with Gasteiger partial charge < -0.3 is 18.9 Å². The van der Waals surface area contributed by atoms with Gasteiger partial charge in [-0.3, -0.25) is 28.7 Å². The lowest BCUT2D eigenvalue weighted by atomic mass is 10.1. The van der Waals surface area contributed by atoms with E-state index in [0.717, 1.165) is 18.4 Å². The highest BCUT2D eigenvalue weighted by molar-refractivity contribution is 5.67. The van der Waals surface area contributed by atoms with Gasteiger partial charge in [-0.1, -0.05) is 0 Å². The Hall–Kier alpha value is -2.95. The van der Waals surface area contributed by atoms with Gasteiger partial charge in [0, 0.05) is 32.5 Å². The van der Waals surface area contributed by atoms with E-state index in [4.69, 9.17) is 18.9 Å². The lowest BCUT2D eigenvalue weighted by molar-refractivity contribution is -0.166. The molecule has 27 heavy (non-hydrogen) atoms. The first-order valence-corrected chi connectivity index (χ1v) is 8.05. The normalized spacial score (nSPS) is 24.3. The average molecular weight is 384 g/mol. The molecule has 1 saturated heterocycles. The van der Waals surface area contributed by atoms with E-state index in [1.54, 1.807) is 0 Å². The molecular formula is C16H20N2O9. The molecule has 0 aromatic carbocycles. The Labute approximate surface area is 153 Å². The second-order valence-electron chi connectivity index (χ2n) is 5.99. The van der Waals surface area contributed by atoms with Crippen LogP contribution in [0.1, 0.15) is 32.6 Å². The van der Waals surface area contributed by atoms with E-state index in [2.05, 4.69) is 4.98 Å². The number of H-pyrrole nitrogens is 1. The van der Waals surface area contributed by atoms with Crippen LogP contribution in [-0.4, -0.2) is 52.4 Å². The van der Waals surface area contributed by atoms with Crippen molar-refractivity contribution in [2.75, 3.05) is 6.61 Å². The molecule has 4 atom stereocenters. The van der Waals surface area contributed by atoms with Gasteiger partial charge in [0.1, 0.15) is 12.7 Å². The SMILES string of the molecule is CC(=O)OC[C@H]1O[C@@H](n2cc(C)c(=O)[nH]c2=O)[C@H](OC(C)=O)[C@@H]1OC(C)=O. The topological polar surface area (TPSA) is 143 Å². The highest BCUT2D eigenvalue weighted by Crippen LogP contribution is 2.33. The minimum atomic E-state index is -1.21. The molecule has 1 aliphatic rings. The van der Waals surface area contributed by atoms with Crippen LogP contribution in [0.15, 0.2) is 15.8 Å². The number of nitrogens with one attached hydrogen (secondary N) is 1. The molecule has 1 aromatic heterocycles. The fourth-order valence-electron chi connectivity index (χ4n) is 2.69. The molecule has 0 radical (unpaired) electrons. The van der Waals surface area contributed by atoms with Crippen LogP contribution >= 0.6 is 0 Å². The number of aromatic amines is 1. The number of ether oxygens (including phenoxy) is 4. The molecule has 1 fully saturated rings. The van der Waals surface area contributed by atoms with E-state index in [1.165, 1.54) is 20.0 Å². The van der Waals surface area contributed by atoms with Crippen molar-refractivity contribution in [3.05, 3.63) is 32.6 Å². The van der Waals surface area contributed by atoms with Crippen LogP contribution in [-0.2, 0) is 33.3 Å². The Kier molecular flexibility index (Phi) is 6.16. The number of aryl methyl sites for hydroxylation is 1. The fraction of sp³-hybridized carbons (Fsp3) is 0.562. The van der Waals surface area contributed by atoms with E-state index >= 15 is 0 Å². The first-order chi connectivity index (χ1) is 12.6. The minimum Gasteiger partial charge on any atom is -0.463 e. The van der Waals surface area contributed by atoms with Gasteiger partial charge in [0.25, 0.3) is 5.56 Å². The molecule has 1 aliphatic heterocycles. The van der Waals surface area contributed by atoms with Crippen molar-refractivity contribution in [1.82, 2.24) is 9.55 Å². The summed E-state index contributed by atoms with van der Waals surface area (Å²) < 4.78 is 22.1. The predicted octanol–water partition coefficient (Wildman–Crippen LogP) is -0.831. The van der Waals surface area contributed by atoms with Crippen LogP contribution in [0.4, 0.5) is 0 Å². The number of nitrogens with zero attached hydrogens (tertiary/aromatic N) is 1. The summed E-state index contributed by atoms with van der Waals surface area (Å²) in [5.41, 5.74) is -1.17. The molecular weight excluding hydrogens is 364 g/mol. The third-order valence-corrected chi connectivity index (χ3v) is 3.76. The summed E-state index contributed by atoms with van der Waals surface area (Å²) in [5, 5.41) is 0. The summed E-state index contributed by atoms with van der Waals surface area (Å²) in [4.78, 5) is 60.0. The molecule has 0 amide bonds. The first-order valence-electron chi connectivity index (χ1n) is 8.05. The second kappa shape index (κ2) is 8.16. The molecule has 11 nitrogen and oxygen atoms in total. The second-order valence-corrected chi connectivity index (χ2v) is 5.99. The standard InChI is InChI=1S/C16H20N2O9/c1-7-5-18(16(23)17-14(7)22)15-13(26-10(4)21)12(25-9(3)20)11(27-15)6-24-8(2)19/h5,11-13,15H,6H2,1-4H3,(H,17,22,23)/t11-,12-,13-,15-/m1/s1.